The summed E-state index contributed by atoms with van der Waals surface area (Å²) >= 11 is 1.28. The number of rotatable bonds is 7. The molecule has 0 fully saturated rings. The van der Waals surface area contributed by atoms with Crippen LogP contribution in [0.25, 0.3) is 11.5 Å². The van der Waals surface area contributed by atoms with Crippen LogP contribution in [0, 0.1) is 0 Å². The molecule has 1 aliphatic heterocycles. The average molecular weight is 396 g/mol. The van der Waals surface area contributed by atoms with Crippen LogP contribution in [-0.2, 0) is 11.3 Å². The normalized spacial score (nSPS) is 12.0. The third-order valence-electron chi connectivity index (χ3n) is 3.81. The van der Waals surface area contributed by atoms with Gasteiger partial charge >= 0.3 is 0 Å². The molecule has 0 unspecified atom stereocenters. The van der Waals surface area contributed by atoms with Crippen LogP contribution in [0.2, 0.25) is 0 Å². The standard InChI is InChI=1S/C18H16N6O3S/c1-2-7-24-17(13-9-19-5-6-20-13)22-23-18(24)28-10-16(25)21-12-3-4-14-15(8-12)27-11-26-14/h2-6,8-9H,1,7,10-11H2,(H,21,25). The summed E-state index contributed by atoms with van der Waals surface area (Å²) in [5.41, 5.74) is 1.25. The topological polar surface area (TPSA) is 104 Å². The molecule has 0 spiro atoms. The summed E-state index contributed by atoms with van der Waals surface area (Å²) < 4.78 is 12.4. The molecule has 1 aliphatic rings. The number of nitrogens with one attached hydrogen (secondary N) is 1. The minimum atomic E-state index is -0.168. The number of ether oxygens (including phenoxy) is 2. The van der Waals surface area contributed by atoms with E-state index in [2.05, 4.69) is 32.1 Å². The zero-order valence-electron chi connectivity index (χ0n) is 14.7. The number of thioether (sulfide) groups is 1. The Balaban J connectivity index is 1.43. The predicted octanol–water partition coefficient (Wildman–Crippen LogP) is 2.38. The highest BCUT2D eigenvalue weighted by atomic mass is 32.2. The molecular weight excluding hydrogens is 380 g/mol. The SMILES string of the molecule is C=CCn1c(SCC(=O)Nc2ccc3c(c2)OCO3)nnc1-c1cnccn1. The maximum Gasteiger partial charge on any atom is 0.234 e. The molecule has 9 nitrogen and oxygen atoms in total. The molecule has 1 N–H and O–H groups in total. The Kier molecular flexibility index (Phi) is 5.20. The fourth-order valence-electron chi connectivity index (χ4n) is 2.59. The van der Waals surface area contributed by atoms with E-state index in [1.807, 2.05) is 4.57 Å². The third-order valence-corrected chi connectivity index (χ3v) is 4.78. The molecule has 2 aromatic heterocycles. The summed E-state index contributed by atoms with van der Waals surface area (Å²) in [6.07, 6.45) is 6.53. The number of amides is 1. The average Bonchev–Trinajstić information content (AvgIpc) is 3.34. The Morgan fingerprint density at radius 1 is 1.29 bits per heavy atom. The predicted molar refractivity (Wildman–Crippen MR) is 103 cm³/mol. The van der Waals surface area contributed by atoms with E-state index in [1.165, 1.54) is 11.8 Å². The lowest BCUT2D eigenvalue weighted by Gasteiger charge is -2.08. The molecule has 0 atom stereocenters. The second-order valence-electron chi connectivity index (χ2n) is 5.70. The second-order valence-corrected chi connectivity index (χ2v) is 6.64. The Morgan fingerprint density at radius 2 is 2.18 bits per heavy atom. The summed E-state index contributed by atoms with van der Waals surface area (Å²) in [5.74, 6) is 1.86. The van der Waals surface area contributed by atoms with E-state index in [4.69, 9.17) is 9.47 Å². The van der Waals surface area contributed by atoms with E-state index in [9.17, 15) is 4.79 Å². The molecule has 0 saturated heterocycles. The highest BCUT2D eigenvalue weighted by Crippen LogP contribution is 2.34. The van der Waals surface area contributed by atoms with Gasteiger partial charge in [-0.3, -0.25) is 14.3 Å². The number of hydrogen-bond donors (Lipinski definition) is 1. The lowest BCUT2D eigenvalue weighted by molar-refractivity contribution is -0.113. The minimum Gasteiger partial charge on any atom is -0.454 e. The van der Waals surface area contributed by atoms with Gasteiger partial charge in [0.1, 0.15) is 5.69 Å². The van der Waals surface area contributed by atoms with Crippen molar-refractivity contribution >= 4 is 23.4 Å². The molecular formula is C18H16N6O3S. The maximum atomic E-state index is 12.3. The highest BCUT2D eigenvalue weighted by molar-refractivity contribution is 7.99. The molecule has 10 heteroatoms. The first kappa shape index (κ1) is 18.0. The molecule has 1 aromatic carbocycles. The van der Waals surface area contributed by atoms with Crippen molar-refractivity contribution in [1.82, 2.24) is 24.7 Å². The summed E-state index contributed by atoms with van der Waals surface area (Å²) in [6.45, 7) is 4.45. The molecule has 142 valence electrons. The zero-order valence-corrected chi connectivity index (χ0v) is 15.6. The zero-order chi connectivity index (χ0) is 19.3. The van der Waals surface area contributed by atoms with E-state index >= 15 is 0 Å². The van der Waals surface area contributed by atoms with E-state index in [1.54, 1.807) is 42.9 Å². The van der Waals surface area contributed by atoms with Gasteiger partial charge in [0.15, 0.2) is 22.5 Å². The Morgan fingerprint density at radius 3 is 3.00 bits per heavy atom. The van der Waals surface area contributed by atoms with Gasteiger partial charge in [-0.1, -0.05) is 17.8 Å². The quantitative estimate of drug-likeness (QED) is 0.479. The summed E-state index contributed by atoms with van der Waals surface area (Å²) in [7, 11) is 0. The van der Waals surface area contributed by atoms with Gasteiger partial charge in [-0.2, -0.15) is 0 Å². The number of hydrogen-bond acceptors (Lipinski definition) is 8. The number of nitrogens with zero attached hydrogens (tertiary/aromatic N) is 5. The smallest absolute Gasteiger partial charge is 0.234 e. The number of fused-ring (bicyclic) bond motifs is 1. The van der Waals surface area contributed by atoms with Crippen LogP contribution in [0.4, 0.5) is 5.69 Å². The van der Waals surface area contributed by atoms with Gasteiger partial charge < -0.3 is 14.8 Å². The number of anilines is 1. The van der Waals surface area contributed by atoms with Crippen molar-refractivity contribution in [1.29, 1.82) is 0 Å². The van der Waals surface area contributed by atoms with Gasteiger partial charge in [0.2, 0.25) is 12.7 Å². The van der Waals surface area contributed by atoms with Crippen molar-refractivity contribution in [3.8, 4) is 23.0 Å². The van der Waals surface area contributed by atoms with E-state index in [0.29, 0.717) is 40.4 Å². The van der Waals surface area contributed by atoms with Gasteiger partial charge in [-0.25, -0.2) is 4.98 Å². The molecule has 1 amide bonds. The second kappa shape index (κ2) is 8.09. The Hall–Kier alpha value is -3.40. The third kappa shape index (κ3) is 3.81. The van der Waals surface area contributed by atoms with Crippen molar-refractivity contribution < 1.29 is 14.3 Å². The number of carbonyl (C=O) groups excluding carboxylic acids is 1. The van der Waals surface area contributed by atoms with Crippen molar-refractivity contribution in [2.45, 2.75) is 11.7 Å². The fraction of sp³-hybridized carbons (Fsp3) is 0.167. The summed E-state index contributed by atoms with van der Waals surface area (Å²) in [5, 5.41) is 11.8. The Bertz CT molecular complexity index is 1010. The minimum absolute atomic E-state index is 0.168. The molecule has 3 aromatic rings. The molecule has 0 radical (unpaired) electrons. The summed E-state index contributed by atoms with van der Waals surface area (Å²) in [6, 6.07) is 5.26. The van der Waals surface area contributed by atoms with Crippen LogP contribution in [-0.4, -0.2) is 43.2 Å². The van der Waals surface area contributed by atoms with Gasteiger partial charge in [0, 0.05) is 30.7 Å². The first-order valence-electron chi connectivity index (χ1n) is 8.37. The first-order valence-corrected chi connectivity index (χ1v) is 9.36. The summed E-state index contributed by atoms with van der Waals surface area (Å²) in [4.78, 5) is 20.6. The lowest BCUT2D eigenvalue weighted by Crippen LogP contribution is -2.14. The molecule has 28 heavy (non-hydrogen) atoms. The highest BCUT2D eigenvalue weighted by Gasteiger charge is 2.17. The first-order chi connectivity index (χ1) is 13.7. The van der Waals surface area contributed by atoms with Crippen LogP contribution < -0.4 is 14.8 Å². The lowest BCUT2D eigenvalue weighted by atomic mass is 10.3. The van der Waals surface area contributed by atoms with Crippen molar-refractivity contribution in [3.63, 3.8) is 0 Å². The Labute approximate surface area is 164 Å². The molecule has 0 saturated carbocycles. The van der Waals surface area contributed by atoms with Crippen LogP contribution in [0.1, 0.15) is 0 Å². The fourth-order valence-corrected chi connectivity index (χ4v) is 3.34. The van der Waals surface area contributed by atoms with Crippen molar-refractivity contribution in [3.05, 3.63) is 49.4 Å². The van der Waals surface area contributed by atoms with Gasteiger partial charge in [0.25, 0.3) is 0 Å². The van der Waals surface area contributed by atoms with E-state index in [-0.39, 0.29) is 18.5 Å². The van der Waals surface area contributed by atoms with Crippen molar-refractivity contribution in [2.24, 2.45) is 0 Å². The number of benzene rings is 1. The maximum absolute atomic E-state index is 12.3. The molecule has 4 rings (SSSR count). The molecule has 0 aliphatic carbocycles. The van der Waals surface area contributed by atoms with Crippen LogP contribution in [0.3, 0.4) is 0 Å². The van der Waals surface area contributed by atoms with E-state index < -0.39 is 0 Å². The van der Waals surface area contributed by atoms with Gasteiger partial charge in [-0.15, -0.1) is 16.8 Å². The van der Waals surface area contributed by atoms with Gasteiger partial charge in [-0.05, 0) is 12.1 Å². The van der Waals surface area contributed by atoms with Crippen LogP contribution in [0.15, 0.2) is 54.6 Å². The van der Waals surface area contributed by atoms with Crippen molar-refractivity contribution in [2.75, 3.05) is 17.9 Å². The largest absolute Gasteiger partial charge is 0.454 e. The number of carbonyl (C=O) groups is 1. The monoisotopic (exact) mass is 396 g/mol. The van der Waals surface area contributed by atoms with Gasteiger partial charge in [0.05, 0.1) is 11.9 Å². The van der Waals surface area contributed by atoms with E-state index in [0.717, 1.165) is 0 Å². The molecule has 3 heterocycles. The number of allylic oxidation sites excluding steroid dienone is 1. The number of aromatic nitrogens is 5. The van der Waals surface area contributed by atoms with Crippen LogP contribution >= 0.6 is 11.8 Å². The molecule has 0 bridgehead atoms. The van der Waals surface area contributed by atoms with Crippen LogP contribution in [0.5, 0.6) is 11.5 Å².